The highest BCUT2D eigenvalue weighted by Gasteiger charge is 2.31. The van der Waals surface area contributed by atoms with Gasteiger partial charge < -0.3 is 5.32 Å². The van der Waals surface area contributed by atoms with Crippen LogP contribution in [0.1, 0.15) is 46.0 Å². The van der Waals surface area contributed by atoms with E-state index in [-0.39, 0.29) is 5.75 Å². The third kappa shape index (κ3) is 4.80. The zero-order chi connectivity index (χ0) is 12.2. The summed E-state index contributed by atoms with van der Waals surface area (Å²) in [5.74, 6) is 0.0765. The number of nitrogens with two attached hydrogens (primary N) is 1. The summed E-state index contributed by atoms with van der Waals surface area (Å²) in [7, 11) is -3.30. The molecule has 4 nitrogen and oxygen atoms in total. The number of rotatable bonds is 5. The largest absolute Gasteiger partial charge is 0.313 e. The molecule has 0 heterocycles. The molecule has 1 unspecified atom stereocenters. The Bertz CT molecular complexity index is 312. The molecule has 0 aromatic carbocycles. The fraction of sp³-hybridized carbons (Fsp3) is 1.00. The molecule has 1 saturated carbocycles. The van der Waals surface area contributed by atoms with Crippen molar-refractivity contribution >= 4 is 10.0 Å². The van der Waals surface area contributed by atoms with Crippen molar-refractivity contribution in [1.82, 2.24) is 5.32 Å². The van der Waals surface area contributed by atoms with E-state index >= 15 is 0 Å². The van der Waals surface area contributed by atoms with Crippen LogP contribution in [0.4, 0.5) is 0 Å². The molecule has 1 atom stereocenters. The van der Waals surface area contributed by atoms with Gasteiger partial charge in [0.1, 0.15) is 0 Å². The summed E-state index contributed by atoms with van der Waals surface area (Å²) in [6.07, 6.45) is 5.63. The van der Waals surface area contributed by atoms with Crippen LogP contribution in [0.15, 0.2) is 0 Å². The van der Waals surface area contributed by atoms with Gasteiger partial charge in [-0.25, -0.2) is 13.6 Å². The Labute approximate surface area is 99.0 Å². The SMILES string of the molecule is CC1(C)CCCCC1NCCCS(N)(=O)=O. The van der Waals surface area contributed by atoms with Crippen molar-refractivity contribution in [1.29, 1.82) is 0 Å². The highest BCUT2D eigenvalue weighted by molar-refractivity contribution is 7.89. The second-order valence-corrected chi connectivity index (χ2v) is 7.20. The number of hydrogen-bond acceptors (Lipinski definition) is 3. The fourth-order valence-electron chi connectivity index (χ4n) is 2.42. The van der Waals surface area contributed by atoms with Crippen LogP contribution in [0.25, 0.3) is 0 Å². The smallest absolute Gasteiger partial charge is 0.209 e. The second-order valence-electron chi connectivity index (χ2n) is 5.46. The first kappa shape index (κ1) is 13.9. The predicted molar refractivity (Wildman–Crippen MR) is 66.6 cm³/mol. The van der Waals surface area contributed by atoms with Gasteiger partial charge in [-0.05, 0) is 31.2 Å². The number of sulfonamides is 1. The van der Waals surface area contributed by atoms with Crippen molar-refractivity contribution in [3.05, 3.63) is 0 Å². The van der Waals surface area contributed by atoms with E-state index in [4.69, 9.17) is 5.14 Å². The molecular formula is C11H24N2O2S. The molecule has 0 saturated heterocycles. The van der Waals surface area contributed by atoms with Gasteiger partial charge in [-0.1, -0.05) is 26.7 Å². The number of nitrogens with one attached hydrogen (secondary N) is 1. The zero-order valence-corrected chi connectivity index (χ0v) is 11.1. The zero-order valence-electron chi connectivity index (χ0n) is 10.3. The molecule has 1 rings (SSSR count). The summed E-state index contributed by atoms with van der Waals surface area (Å²) in [5, 5.41) is 8.42. The first-order chi connectivity index (χ1) is 7.31. The molecule has 0 amide bonds. The fourth-order valence-corrected chi connectivity index (χ4v) is 2.97. The average molecular weight is 248 g/mol. The van der Waals surface area contributed by atoms with Gasteiger partial charge in [0, 0.05) is 6.04 Å². The maximum atomic E-state index is 10.8. The van der Waals surface area contributed by atoms with Crippen molar-refractivity contribution in [2.45, 2.75) is 52.0 Å². The van der Waals surface area contributed by atoms with Gasteiger partial charge in [0.05, 0.1) is 5.75 Å². The minimum absolute atomic E-state index is 0.0765. The average Bonchev–Trinajstić information content (AvgIpc) is 2.12. The molecular weight excluding hydrogens is 224 g/mol. The van der Waals surface area contributed by atoms with Gasteiger partial charge in [0.25, 0.3) is 0 Å². The van der Waals surface area contributed by atoms with E-state index in [0.29, 0.717) is 17.9 Å². The van der Waals surface area contributed by atoms with E-state index in [1.54, 1.807) is 0 Å². The van der Waals surface area contributed by atoms with Crippen molar-refractivity contribution in [2.75, 3.05) is 12.3 Å². The van der Waals surface area contributed by atoms with Gasteiger partial charge >= 0.3 is 0 Å². The highest BCUT2D eigenvalue weighted by atomic mass is 32.2. The molecule has 1 aliphatic rings. The van der Waals surface area contributed by atoms with Gasteiger partial charge in [0.15, 0.2) is 0 Å². The van der Waals surface area contributed by atoms with Crippen LogP contribution in [0.2, 0.25) is 0 Å². The minimum Gasteiger partial charge on any atom is -0.313 e. The van der Waals surface area contributed by atoms with Crippen LogP contribution >= 0.6 is 0 Å². The molecule has 16 heavy (non-hydrogen) atoms. The van der Waals surface area contributed by atoms with Crippen LogP contribution in [-0.2, 0) is 10.0 Å². The standard InChI is InChI=1S/C11H24N2O2S/c1-11(2)7-4-3-6-10(11)13-8-5-9-16(12,14)15/h10,13H,3-9H2,1-2H3,(H2,12,14,15). The monoisotopic (exact) mass is 248 g/mol. The number of primary sulfonamides is 1. The van der Waals surface area contributed by atoms with E-state index in [1.807, 2.05) is 0 Å². The molecule has 3 N–H and O–H groups in total. The molecule has 0 bridgehead atoms. The van der Waals surface area contributed by atoms with Crippen molar-refractivity contribution in [2.24, 2.45) is 10.6 Å². The van der Waals surface area contributed by atoms with E-state index < -0.39 is 10.0 Å². The van der Waals surface area contributed by atoms with Gasteiger partial charge in [0.2, 0.25) is 10.0 Å². The first-order valence-corrected chi connectivity index (χ1v) is 7.77. The van der Waals surface area contributed by atoms with Gasteiger partial charge in [-0.15, -0.1) is 0 Å². The molecule has 0 aliphatic heterocycles. The molecule has 0 radical (unpaired) electrons. The minimum atomic E-state index is -3.30. The lowest BCUT2D eigenvalue weighted by Crippen LogP contribution is -2.44. The second kappa shape index (κ2) is 5.47. The van der Waals surface area contributed by atoms with Gasteiger partial charge in [-0.2, -0.15) is 0 Å². The normalized spacial score (nSPS) is 25.6. The summed E-state index contributed by atoms with van der Waals surface area (Å²) < 4.78 is 21.5. The molecule has 1 fully saturated rings. The third-order valence-corrected chi connectivity index (χ3v) is 4.36. The molecule has 1 aliphatic carbocycles. The van der Waals surface area contributed by atoms with E-state index in [9.17, 15) is 8.42 Å². The molecule has 0 aromatic heterocycles. The van der Waals surface area contributed by atoms with Crippen LogP contribution in [-0.4, -0.2) is 26.8 Å². The van der Waals surface area contributed by atoms with Crippen LogP contribution in [0.5, 0.6) is 0 Å². The quantitative estimate of drug-likeness (QED) is 0.719. The van der Waals surface area contributed by atoms with Crippen molar-refractivity contribution in [3.8, 4) is 0 Å². The van der Waals surface area contributed by atoms with E-state index in [1.165, 1.54) is 25.7 Å². The van der Waals surface area contributed by atoms with Gasteiger partial charge in [-0.3, -0.25) is 0 Å². The van der Waals surface area contributed by atoms with Crippen LogP contribution in [0.3, 0.4) is 0 Å². The van der Waals surface area contributed by atoms with Crippen molar-refractivity contribution < 1.29 is 8.42 Å². The van der Waals surface area contributed by atoms with E-state index in [0.717, 1.165) is 6.54 Å². The Kier molecular flexibility index (Phi) is 4.76. The topological polar surface area (TPSA) is 72.2 Å². The van der Waals surface area contributed by atoms with Crippen LogP contribution in [0, 0.1) is 5.41 Å². The lowest BCUT2D eigenvalue weighted by atomic mass is 9.73. The summed E-state index contributed by atoms with van der Waals surface area (Å²) in [4.78, 5) is 0. The highest BCUT2D eigenvalue weighted by Crippen LogP contribution is 2.35. The Hall–Kier alpha value is -0.130. The Morgan fingerprint density at radius 3 is 2.62 bits per heavy atom. The summed E-state index contributed by atoms with van der Waals surface area (Å²) in [5.41, 5.74) is 0.333. The molecule has 0 spiro atoms. The van der Waals surface area contributed by atoms with E-state index in [2.05, 4.69) is 19.2 Å². The number of hydrogen-bond donors (Lipinski definition) is 2. The molecule has 96 valence electrons. The Morgan fingerprint density at radius 2 is 2.06 bits per heavy atom. The molecule has 5 heteroatoms. The van der Waals surface area contributed by atoms with Crippen molar-refractivity contribution in [3.63, 3.8) is 0 Å². The first-order valence-electron chi connectivity index (χ1n) is 6.05. The predicted octanol–water partition coefficient (Wildman–Crippen LogP) is 1.22. The molecule has 0 aromatic rings. The Balaban J connectivity index is 2.26. The summed E-state index contributed by atoms with van der Waals surface area (Å²) in [6, 6.07) is 0.515. The third-order valence-electron chi connectivity index (χ3n) is 3.50. The lowest BCUT2D eigenvalue weighted by Gasteiger charge is -2.39. The summed E-state index contributed by atoms with van der Waals surface area (Å²) >= 11 is 0. The Morgan fingerprint density at radius 1 is 1.38 bits per heavy atom. The maximum absolute atomic E-state index is 10.8. The maximum Gasteiger partial charge on any atom is 0.209 e. The van der Waals surface area contributed by atoms with Crippen LogP contribution < -0.4 is 10.5 Å². The lowest BCUT2D eigenvalue weighted by molar-refractivity contribution is 0.168. The summed E-state index contributed by atoms with van der Waals surface area (Å²) in [6.45, 7) is 5.30.